The summed E-state index contributed by atoms with van der Waals surface area (Å²) in [5.41, 5.74) is 3.70. The Kier molecular flexibility index (Phi) is 3.88. The molecular formula is C18H18FN5O. The van der Waals surface area contributed by atoms with E-state index in [1.807, 2.05) is 0 Å². The van der Waals surface area contributed by atoms with E-state index in [-0.39, 0.29) is 11.6 Å². The predicted molar refractivity (Wildman–Crippen MR) is 89.4 cm³/mol. The van der Waals surface area contributed by atoms with Crippen molar-refractivity contribution in [2.75, 3.05) is 11.9 Å². The van der Waals surface area contributed by atoms with Gasteiger partial charge in [0.25, 0.3) is 0 Å². The maximum atomic E-state index is 13.4. The number of hydrogen-bond acceptors (Lipinski definition) is 3. The molecular weight excluding hydrogens is 321 g/mol. The van der Waals surface area contributed by atoms with E-state index in [0.29, 0.717) is 24.7 Å². The summed E-state index contributed by atoms with van der Waals surface area (Å²) in [4.78, 5) is 14.3. The normalized spacial score (nSPS) is 16.7. The maximum absolute atomic E-state index is 13.4. The lowest BCUT2D eigenvalue weighted by molar-refractivity contribution is 0.205. The fourth-order valence-electron chi connectivity index (χ4n) is 3.40. The van der Waals surface area contributed by atoms with Crippen molar-refractivity contribution >= 4 is 11.7 Å². The summed E-state index contributed by atoms with van der Waals surface area (Å²) in [6.45, 7) is 1.12. The van der Waals surface area contributed by atoms with Crippen LogP contribution in [0.5, 0.6) is 0 Å². The minimum atomic E-state index is -0.591. The van der Waals surface area contributed by atoms with Crippen LogP contribution in [0.4, 0.5) is 14.9 Å². The molecule has 4 rings (SSSR count). The minimum Gasteiger partial charge on any atom is -0.320 e. The number of anilines is 1. The molecule has 0 spiro atoms. The van der Waals surface area contributed by atoms with Crippen LogP contribution >= 0.6 is 0 Å². The molecule has 128 valence electrons. The number of urea groups is 1. The van der Waals surface area contributed by atoms with Crippen LogP contribution in [0.1, 0.15) is 47.7 Å². The first kappa shape index (κ1) is 15.6. The first-order chi connectivity index (χ1) is 12.2. The second-order valence-electron chi connectivity index (χ2n) is 6.60. The van der Waals surface area contributed by atoms with Crippen molar-refractivity contribution in [2.24, 2.45) is 0 Å². The number of amides is 2. The Morgan fingerprint density at radius 1 is 1.44 bits per heavy atom. The molecule has 1 aromatic heterocycles. The summed E-state index contributed by atoms with van der Waals surface area (Å²) >= 11 is 0. The Morgan fingerprint density at radius 2 is 2.28 bits per heavy atom. The Labute approximate surface area is 144 Å². The topological polar surface area (TPSA) is 84.8 Å². The van der Waals surface area contributed by atoms with E-state index in [1.54, 1.807) is 11.0 Å². The number of halogens is 1. The van der Waals surface area contributed by atoms with Crippen LogP contribution in [-0.4, -0.2) is 27.7 Å². The predicted octanol–water partition coefficient (Wildman–Crippen LogP) is 3.28. The monoisotopic (exact) mass is 339 g/mol. The van der Waals surface area contributed by atoms with Crippen molar-refractivity contribution in [3.8, 4) is 6.07 Å². The van der Waals surface area contributed by atoms with E-state index in [2.05, 4.69) is 15.5 Å². The molecule has 2 heterocycles. The third kappa shape index (κ3) is 2.84. The zero-order valence-electron chi connectivity index (χ0n) is 13.7. The van der Waals surface area contributed by atoms with Crippen molar-refractivity contribution in [2.45, 2.75) is 38.1 Å². The molecule has 1 aliphatic carbocycles. The Balaban J connectivity index is 1.49. The molecule has 6 nitrogen and oxygen atoms in total. The fourth-order valence-corrected chi connectivity index (χ4v) is 3.40. The molecule has 2 N–H and O–H groups in total. The van der Waals surface area contributed by atoms with Gasteiger partial charge in [0.05, 0.1) is 17.8 Å². The van der Waals surface area contributed by atoms with Gasteiger partial charge >= 0.3 is 6.03 Å². The van der Waals surface area contributed by atoms with Crippen molar-refractivity contribution in [1.29, 1.82) is 5.26 Å². The molecule has 0 saturated heterocycles. The van der Waals surface area contributed by atoms with Crippen molar-refractivity contribution < 1.29 is 9.18 Å². The van der Waals surface area contributed by atoms with Gasteiger partial charge in [0.1, 0.15) is 11.9 Å². The lowest BCUT2D eigenvalue weighted by atomic mass is 9.81. The van der Waals surface area contributed by atoms with Gasteiger partial charge in [-0.1, -0.05) is 6.42 Å². The number of rotatable bonds is 2. The zero-order valence-corrected chi connectivity index (χ0v) is 13.7. The molecule has 25 heavy (non-hydrogen) atoms. The lowest BCUT2D eigenvalue weighted by Crippen LogP contribution is -2.39. The third-order valence-corrected chi connectivity index (χ3v) is 5.08. The fraction of sp³-hybridized carbons (Fsp3) is 0.389. The first-order valence-electron chi connectivity index (χ1n) is 8.47. The molecule has 7 heteroatoms. The van der Waals surface area contributed by atoms with Crippen LogP contribution in [0.25, 0.3) is 0 Å². The number of carbonyl (C=O) groups is 1. The van der Waals surface area contributed by atoms with Gasteiger partial charge in [-0.05, 0) is 31.0 Å². The highest BCUT2D eigenvalue weighted by Gasteiger charge is 2.30. The number of nitrogens with one attached hydrogen (secondary N) is 2. The van der Waals surface area contributed by atoms with E-state index in [4.69, 9.17) is 5.26 Å². The summed E-state index contributed by atoms with van der Waals surface area (Å²) in [5, 5.41) is 19.2. The number of aromatic amines is 1. The molecule has 0 atom stereocenters. The lowest BCUT2D eigenvalue weighted by Gasteiger charge is -2.30. The highest BCUT2D eigenvalue weighted by molar-refractivity contribution is 5.89. The van der Waals surface area contributed by atoms with Crippen molar-refractivity contribution in [1.82, 2.24) is 15.1 Å². The maximum Gasteiger partial charge on any atom is 0.322 e. The zero-order chi connectivity index (χ0) is 17.4. The second kappa shape index (κ2) is 6.20. The number of carbonyl (C=O) groups excluding carboxylic acids is 1. The van der Waals surface area contributed by atoms with Gasteiger partial charge in [-0.2, -0.15) is 10.4 Å². The van der Waals surface area contributed by atoms with Gasteiger partial charge in [-0.25, -0.2) is 9.18 Å². The summed E-state index contributed by atoms with van der Waals surface area (Å²) in [6.07, 6.45) is 4.31. The minimum absolute atomic E-state index is 0.0826. The van der Waals surface area contributed by atoms with Crippen LogP contribution < -0.4 is 5.32 Å². The molecule has 0 bridgehead atoms. The average molecular weight is 339 g/mol. The molecule has 0 unspecified atom stereocenters. The van der Waals surface area contributed by atoms with Crippen molar-refractivity contribution in [3.63, 3.8) is 0 Å². The summed E-state index contributed by atoms with van der Waals surface area (Å²) < 4.78 is 13.4. The highest BCUT2D eigenvalue weighted by atomic mass is 19.1. The third-order valence-electron chi connectivity index (χ3n) is 5.08. The number of hydrogen-bond donors (Lipinski definition) is 2. The van der Waals surface area contributed by atoms with Gasteiger partial charge in [0, 0.05) is 35.8 Å². The van der Waals surface area contributed by atoms with E-state index in [9.17, 15) is 9.18 Å². The smallest absolute Gasteiger partial charge is 0.320 e. The van der Waals surface area contributed by atoms with Crippen molar-refractivity contribution in [3.05, 3.63) is 46.5 Å². The van der Waals surface area contributed by atoms with Gasteiger partial charge in [0.2, 0.25) is 0 Å². The van der Waals surface area contributed by atoms with Crippen LogP contribution in [0.2, 0.25) is 0 Å². The van der Waals surface area contributed by atoms with E-state index in [0.717, 1.165) is 36.2 Å². The van der Waals surface area contributed by atoms with Gasteiger partial charge in [-0.3, -0.25) is 5.10 Å². The van der Waals surface area contributed by atoms with Gasteiger partial charge in [-0.15, -0.1) is 0 Å². The average Bonchev–Trinajstić information content (AvgIpc) is 2.98. The summed E-state index contributed by atoms with van der Waals surface area (Å²) in [7, 11) is 0. The highest BCUT2D eigenvalue weighted by Crippen LogP contribution is 2.38. The SMILES string of the molecule is N#Cc1cc(NC(=O)N2CCc3[nH]nc(C4CCC4)c3C2)ccc1F. The number of fused-ring (bicyclic) bond motifs is 1. The number of aromatic nitrogens is 2. The van der Waals surface area contributed by atoms with Crippen LogP contribution in [0.15, 0.2) is 18.2 Å². The largest absolute Gasteiger partial charge is 0.322 e. The standard InChI is InChI=1S/C18H18FN5O/c19-15-5-4-13(8-12(15)9-20)21-18(25)24-7-6-16-14(10-24)17(23-22-16)11-2-1-3-11/h4-5,8,11H,1-3,6-7,10H2,(H,21,25)(H,22,23). The Morgan fingerprint density at radius 3 is 3.00 bits per heavy atom. The Bertz CT molecular complexity index is 865. The number of nitriles is 1. The van der Waals surface area contributed by atoms with E-state index < -0.39 is 5.82 Å². The molecule has 1 saturated carbocycles. The second-order valence-corrected chi connectivity index (χ2v) is 6.60. The van der Waals surface area contributed by atoms with Crippen LogP contribution in [0.3, 0.4) is 0 Å². The molecule has 2 aliphatic rings. The molecule has 1 aliphatic heterocycles. The van der Waals surface area contributed by atoms with Gasteiger partial charge < -0.3 is 10.2 Å². The molecule has 2 amide bonds. The van der Waals surface area contributed by atoms with Crippen LogP contribution in [0, 0.1) is 17.1 Å². The number of nitrogens with zero attached hydrogens (tertiary/aromatic N) is 3. The first-order valence-corrected chi connectivity index (χ1v) is 8.47. The van der Waals surface area contributed by atoms with E-state index in [1.165, 1.54) is 24.6 Å². The molecule has 2 aromatic rings. The van der Waals surface area contributed by atoms with E-state index >= 15 is 0 Å². The number of benzene rings is 1. The quantitative estimate of drug-likeness (QED) is 0.880. The summed E-state index contributed by atoms with van der Waals surface area (Å²) in [5.74, 6) is -0.0788. The summed E-state index contributed by atoms with van der Waals surface area (Å²) in [6, 6.07) is 5.52. The molecule has 0 radical (unpaired) electrons. The molecule has 1 fully saturated rings. The Hall–Kier alpha value is -2.88. The van der Waals surface area contributed by atoms with Gasteiger partial charge in [0.15, 0.2) is 0 Å². The van der Waals surface area contributed by atoms with Crippen LogP contribution in [-0.2, 0) is 13.0 Å². The molecule has 1 aromatic carbocycles. The number of H-pyrrole nitrogens is 1.